The first-order valence-electron chi connectivity index (χ1n) is 5.27. The van der Waals surface area contributed by atoms with Gasteiger partial charge in [-0.3, -0.25) is 9.69 Å². The van der Waals surface area contributed by atoms with Gasteiger partial charge in [-0.05, 0) is 25.9 Å². The average molecular weight is 200 g/mol. The predicted molar refractivity (Wildman–Crippen MR) is 55.2 cm³/mol. The number of hydrogen-bond acceptors (Lipinski definition) is 3. The smallest absolute Gasteiger partial charge is 0.246 e. The fourth-order valence-corrected chi connectivity index (χ4v) is 1.96. The minimum atomic E-state index is -0.0181. The maximum Gasteiger partial charge on any atom is 0.246 e. The number of carbonyl (C=O) groups excluding carboxylic acids is 1. The number of likely N-dealkylation sites (tertiary alicyclic amines) is 1. The summed E-state index contributed by atoms with van der Waals surface area (Å²) in [5.41, 5.74) is 0. The second-order valence-electron chi connectivity index (χ2n) is 3.66. The lowest BCUT2D eigenvalue weighted by Gasteiger charge is -2.22. The first kappa shape index (κ1) is 11.5. The quantitative estimate of drug-likeness (QED) is 0.691. The first-order chi connectivity index (χ1) is 6.77. The Hall–Kier alpha value is -0.610. The molecule has 0 aromatic rings. The van der Waals surface area contributed by atoms with E-state index in [1.54, 1.807) is 0 Å². The van der Waals surface area contributed by atoms with Crippen LogP contribution in [0, 0.1) is 0 Å². The molecule has 0 bridgehead atoms. The van der Waals surface area contributed by atoms with Crippen molar-refractivity contribution in [2.45, 2.75) is 25.8 Å². The summed E-state index contributed by atoms with van der Waals surface area (Å²) in [5, 5.41) is 2.88. The highest BCUT2D eigenvalue weighted by Gasteiger charge is 2.22. The van der Waals surface area contributed by atoms with Gasteiger partial charge in [0.15, 0.2) is 0 Å². The van der Waals surface area contributed by atoms with E-state index in [9.17, 15) is 4.79 Å². The monoisotopic (exact) mass is 200 g/mol. The Kier molecular flexibility index (Phi) is 4.90. The van der Waals surface area contributed by atoms with Crippen LogP contribution in [0.1, 0.15) is 19.8 Å². The van der Waals surface area contributed by atoms with Gasteiger partial charge in [-0.25, -0.2) is 0 Å². The zero-order chi connectivity index (χ0) is 10.4. The summed E-state index contributed by atoms with van der Waals surface area (Å²) >= 11 is 0. The van der Waals surface area contributed by atoms with E-state index in [1.165, 1.54) is 26.5 Å². The highest BCUT2D eigenvalue weighted by atomic mass is 16.5. The number of nitrogens with one attached hydrogen (secondary N) is 1. The third kappa shape index (κ3) is 3.27. The Morgan fingerprint density at radius 2 is 2.43 bits per heavy atom. The van der Waals surface area contributed by atoms with E-state index >= 15 is 0 Å². The highest BCUT2D eigenvalue weighted by molar-refractivity contribution is 5.77. The molecule has 1 fully saturated rings. The second kappa shape index (κ2) is 5.98. The number of ether oxygens (including phenoxy) is 1. The molecule has 4 heteroatoms. The first-order valence-corrected chi connectivity index (χ1v) is 5.27. The molecule has 14 heavy (non-hydrogen) atoms. The van der Waals surface area contributed by atoms with E-state index in [2.05, 4.69) is 17.1 Å². The van der Waals surface area contributed by atoms with Crippen molar-refractivity contribution >= 4 is 5.91 Å². The lowest BCUT2D eigenvalue weighted by molar-refractivity contribution is -0.124. The molecular weight excluding hydrogens is 180 g/mol. The van der Waals surface area contributed by atoms with E-state index in [4.69, 9.17) is 4.74 Å². The Morgan fingerprint density at radius 1 is 1.64 bits per heavy atom. The van der Waals surface area contributed by atoms with E-state index in [0.29, 0.717) is 6.04 Å². The largest absolute Gasteiger partial charge is 0.375 e. The van der Waals surface area contributed by atoms with Crippen LogP contribution in [-0.4, -0.2) is 50.2 Å². The predicted octanol–water partition coefficient (Wildman–Crippen LogP) is 0.233. The molecule has 82 valence electrons. The molecule has 0 aromatic heterocycles. The minimum absolute atomic E-state index is 0.0181. The van der Waals surface area contributed by atoms with Gasteiger partial charge in [0.1, 0.15) is 6.61 Å². The van der Waals surface area contributed by atoms with Crippen LogP contribution in [0.5, 0.6) is 0 Å². The molecule has 1 aliphatic heterocycles. The van der Waals surface area contributed by atoms with Crippen molar-refractivity contribution < 1.29 is 9.53 Å². The van der Waals surface area contributed by atoms with Crippen molar-refractivity contribution in [1.29, 1.82) is 0 Å². The lowest BCUT2D eigenvalue weighted by atomic mass is 10.2. The minimum Gasteiger partial charge on any atom is -0.375 e. The number of likely N-dealkylation sites (N-methyl/N-ethyl adjacent to an activating group) is 1. The average Bonchev–Trinajstić information content (AvgIpc) is 2.62. The third-order valence-electron chi connectivity index (χ3n) is 2.72. The van der Waals surface area contributed by atoms with Crippen LogP contribution in [0.15, 0.2) is 0 Å². The fourth-order valence-electron chi connectivity index (χ4n) is 1.96. The maximum absolute atomic E-state index is 11.1. The lowest BCUT2D eigenvalue weighted by Crippen LogP contribution is -2.41. The third-order valence-corrected chi connectivity index (χ3v) is 2.72. The number of hydrogen-bond donors (Lipinski definition) is 1. The molecule has 1 saturated heterocycles. The summed E-state index contributed by atoms with van der Waals surface area (Å²) in [6.07, 6.45) is 2.44. The van der Waals surface area contributed by atoms with Gasteiger partial charge in [0.2, 0.25) is 5.91 Å². The molecule has 0 saturated carbocycles. The normalized spacial score (nSPS) is 22.6. The van der Waals surface area contributed by atoms with Crippen molar-refractivity contribution in [3.63, 3.8) is 0 Å². The molecule has 1 aliphatic rings. The van der Waals surface area contributed by atoms with Crippen LogP contribution < -0.4 is 5.32 Å². The topological polar surface area (TPSA) is 41.6 Å². The van der Waals surface area contributed by atoms with Crippen molar-refractivity contribution in [3.05, 3.63) is 0 Å². The van der Waals surface area contributed by atoms with Crippen LogP contribution in [0.2, 0.25) is 0 Å². The van der Waals surface area contributed by atoms with Crippen LogP contribution >= 0.6 is 0 Å². The van der Waals surface area contributed by atoms with Crippen LogP contribution in [0.4, 0.5) is 0 Å². The zero-order valence-corrected chi connectivity index (χ0v) is 9.08. The van der Waals surface area contributed by atoms with Crippen LogP contribution in [0.25, 0.3) is 0 Å². The molecule has 1 amide bonds. The standard InChI is InChI=1S/C10H20N2O2/c1-3-12-6-4-5-9(12)7-11-10(13)8-14-2/h9H,3-8H2,1-2H3,(H,11,13)/t9-/m0/s1. The van der Waals surface area contributed by atoms with Gasteiger partial charge in [0, 0.05) is 19.7 Å². The molecule has 0 aliphatic carbocycles. The van der Waals surface area contributed by atoms with Gasteiger partial charge in [0.05, 0.1) is 0 Å². The molecule has 0 unspecified atom stereocenters. The van der Waals surface area contributed by atoms with Crippen molar-refractivity contribution in [2.75, 3.05) is 33.4 Å². The molecule has 4 nitrogen and oxygen atoms in total. The van der Waals surface area contributed by atoms with E-state index in [1.807, 2.05) is 0 Å². The Labute approximate surface area is 85.6 Å². The SMILES string of the molecule is CCN1CCC[C@H]1CNC(=O)COC. The summed E-state index contributed by atoms with van der Waals surface area (Å²) in [6, 6.07) is 0.529. The maximum atomic E-state index is 11.1. The summed E-state index contributed by atoms with van der Waals surface area (Å²) < 4.78 is 4.75. The zero-order valence-electron chi connectivity index (χ0n) is 9.08. The molecule has 0 spiro atoms. The number of nitrogens with zero attached hydrogens (tertiary/aromatic N) is 1. The number of methoxy groups -OCH3 is 1. The van der Waals surface area contributed by atoms with Gasteiger partial charge in [0.25, 0.3) is 0 Å². The van der Waals surface area contributed by atoms with E-state index in [0.717, 1.165) is 13.1 Å². The molecule has 1 heterocycles. The van der Waals surface area contributed by atoms with Crippen molar-refractivity contribution in [3.8, 4) is 0 Å². The van der Waals surface area contributed by atoms with Gasteiger partial charge in [-0.1, -0.05) is 6.92 Å². The van der Waals surface area contributed by atoms with E-state index in [-0.39, 0.29) is 12.5 Å². The fraction of sp³-hybridized carbons (Fsp3) is 0.900. The highest BCUT2D eigenvalue weighted by Crippen LogP contribution is 2.15. The Balaban J connectivity index is 2.20. The van der Waals surface area contributed by atoms with Crippen LogP contribution in [-0.2, 0) is 9.53 Å². The van der Waals surface area contributed by atoms with E-state index < -0.39 is 0 Å². The molecule has 0 radical (unpaired) electrons. The Morgan fingerprint density at radius 3 is 3.07 bits per heavy atom. The van der Waals surface area contributed by atoms with Crippen molar-refractivity contribution in [1.82, 2.24) is 10.2 Å². The number of amides is 1. The number of rotatable bonds is 5. The van der Waals surface area contributed by atoms with Gasteiger partial charge in [-0.15, -0.1) is 0 Å². The molecule has 1 N–H and O–H groups in total. The van der Waals surface area contributed by atoms with Crippen molar-refractivity contribution in [2.24, 2.45) is 0 Å². The van der Waals surface area contributed by atoms with Gasteiger partial charge in [-0.2, -0.15) is 0 Å². The van der Waals surface area contributed by atoms with Crippen LogP contribution in [0.3, 0.4) is 0 Å². The summed E-state index contributed by atoms with van der Waals surface area (Å²) in [5.74, 6) is -0.0181. The molecule has 1 rings (SSSR count). The summed E-state index contributed by atoms with van der Waals surface area (Å²) in [7, 11) is 1.54. The molecule has 0 aromatic carbocycles. The summed E-state index contributed by atoms with van der Waals surface area (Å²) in [4.78, 5) is 13.5. The second-order valence-corrected chi connectivity index (χ2v) is 3.66. The van der Waals surface area contributed by atoms with Gasteiger partial charge < -0.3 is 10.1 Å². The molecular formula is C10H20N2O2. The number of carbonyl (C=O) groups is 1. The summed E-state index contributed by atoms with van der Waals surface area (Å²) in [6.45, 7) is 5.33. The molecule has 1 atom stereocenters. The Bertz CT molecular complexity index is 185. The van der Waals surface area contributed by atoms with Gasteiger partial charge >= 0.3 is 0 Å².